The van der Waals surface area contributed by atoms with Crippen LogP contribution in [-0.4, -0.2) is 126 Å². The van der Waals surface area contributed by atoms with E-state index in [1.807, 2.05) is 78.8 Å². The van der Waals surface area contributed by atoms with Gasteiger partial charge in [-0.2, -0.15) is 0 Å². The van der Waals surface area contributed by atoms with Crippen molar-refractivity contribution in [3.63, 3.8) is 0 Å². The number of rotatable bonds is 18. The Morgan fingerprint density at radius 3 is 1.06 bits per heavy atom. The third-order valence-corrected chi connectivity index (χ3v) is 29.2. The first-order valence-electron chi connectivity index (χ1n) is 42.5. The van der Waals surface area contributed by atoms with Crippen molar-refractivity contribution in [2.45, 2.75) is 119 Å². The molecule has 3 aromatic heterocycles. The van der Waals surface area contributed by atoms with Crippen LogP contribution in [0.1, 0.15) is 131 Å². The van der Waals surface area contributed by atoms with Crippen molar-refractivity contribution in [1.82, 2.24) is 29.7 Å². The number of hydrogen-bond acceptors (Lipinski definition) is 12. The molecule has 642 valence electrons. The molecule has 0 bridgehead atoms. The molecule has 9 aromatic carbocycles. The third kappa shape index (κ3) is 21.2. The average molecular weight is 1810 g/mol. The number of carbonyl (C=O) groups is 3. The van der Waals surface area contributed by atoms with E-state index in [2.05, 4.69) is 158 Å². The van der Waals surface area contributed by atoms with Crippen LogP contribution in [-0.2, 0) is 16.2 Å². The number of carbonyl (C=O) groups excluding carboxylic acids is 3. The lowest BCUT2D eigenvalue weighted by Crippen LogP contribution is -2.46. The lowest BCUT2D eigenvalue weighted by Gasteiger charge is -2.39. The van der Waals surface area contributed by atoms with Crippen LogP contribution in [0.5, 0.6) is 0 Å². The van der Waals surface area contributed by atoms with Gasteiger partial charge in [-0.05, 0) is 333 Å². The molecule has 3 fully saturated rings. The number of nitrogens with zero attached hydrogens (tertiary/aromatic N) is 9. The molecule has 12 aromatic rings. The van der Waals surface area contributed by atoms with Crippen LogP contribution in [0.3, 0.4) is 0 Å². The molecular formula is C104H96Cl4F3N9O3S3. The SMILES string of the molecule is Cc1cc(C(=O)N2CC3(CCN(C/C=C/c4ccc(C)c(Cl)c4)CC3)c3cc(Sc4ccc(F)cc4)ccc32)cc(Cl)n1.Cc1cc(C(=O)N2CC3(CCN(C/C=C/c4ccc(C)c(Cl)c4)CC3)c3cc(Sc4ccc(F)cc4)ccc32)ccn1.Cc1ccc(/C=C/CN2CCC3(CC2)CN(C(=O)c2ccnc(Cl)c2)c2ccc(Sc4ccc(F)cc4)cc23)cc1. The van der Waals surface area contributed by atoms with Crippen molar-refractivity contribution in [2.75, 3.05) is 93.2 Å². The summed E-state index contributed by atoms with van der Waals surface area (Å²) in [5, 5.41) is 2.19. The fourth-order valence-corrected chi connectivity index (χ4v) is 21.3. The highest BCUT2D eigenvalue weighted by Crippen LogP contribution is 2.53. The third-order valence-electron chi connectivity index (χ3n) is 25.0. The van der Waals surface area contributed by atoms with Gasteiger partial charge < -0.3 is 14.7 Å². The van der Waals surface area contributed by atoms with E-state index in [1.54, 1.807) is 114 Å². The highest BCUT2D eigenvalue weighted by molar-refractivity contribution is 7.99. The zero-order chi connectivity index (χ0) is 87.8. The molecule has 0 atom stereocenters. The minimum Gasteiger partial charge on any atom is -0.307 e. The van der Waals surface area contributed by atoms with Crippen LogP contribution >= 0.6 is 81.7 Å². The first-order valence-corrected chi connectivity index (χ1v) is 46.5. The number of benzene rings is 9. The van der Waals surface area contributed by atoms with E-state index < -0.39 is 0 Å². The van der Waals surface area contributed by atoms with E-state index in [4.69, 9.17) is 46.4 Å². The molecule has 0 unspecified atom stereocenters. The summed E-state index contributed by atoms with van der Waals surface area (Å²) in [4.78, 5) is 73.4. The number of likely N-dealkylation sites (tertiary alicyclic amines) is 3. The summed E-state index contributed by atoms with van der Waals surface area (Å²) in [6.07, 6.45) is 22.1. The maximum atomic E-state index is 13.9. The number of aryl methyl sites for hydroxylation is 5. The zero-order valence-electron chi connectivity index (χ0n) is 70.8. The molecule has 9 heterocycles. The van der Waals surface area contributed by atoms with Crippen LogP contribution in [0.4, 0.5) is 30.2 Å². The molecule has 3 amide bonds. The predicted molar refractivity (Wildman–Crippen MR) is 511 cm³/mol. The Hall–Kier alpha value is -10.1. The summed E-state index contributed by atoms with van der Waals surface area (Å²) < 4.78 is 40.5. The Morgan fingerprint density at radius 2 is 0.690 bits per heavy atom. The van der Waals surface area contributed by atoms with Crippen LogP contribution < -0.4 is 14.7 Å². The van der Waals surface area contributed by atoms with Crippen LogP contribution in [0.15, 0.2) is 284 Å². The van der Waals surface area contributed by atoms with Crippen LogP contribution in [0.25, 0.3) is 18.2 Å². The number of amides is 3. The van der Waals surface area contributed by atoms with E-state index in [9.17, 15) is 27.6 Å². The van der Waals surface area contributed by atoms with Gasteiger partial charge in [0.05, 0.1) is 0 Å². The Kier molecular flexibility index (Phi) is 28.1. The zero-order valence-corrected chi connectivity index (χ0v) is 76.3. The molecule has 0 N–H and O–H groups in total. The maximum absolute atomic E-state index is 13.9. The van der Waals surface area contributed by atoms with Gasteiger partial charge in [0, 0.05) is 152 Å². The number of halogens is 7. The second-order valence-corrected chi connectivity index (χ2v) is 38.7. The van der Waals surface area contributed by atoms with Crippen molar-refractivity contribution in [2.24, 2.45) is 0 Å². The maximum Gasteiger partial charge on any atom is 0.258 e. The van der Waals surface area contributed by atoms with Gasteiger partial charge >= 0.3 is 0 Å². The molecule has 22 heteroatoms. The van der Waals surface area contributed by atoms with Gasteiger partial charge in [-0.1, -0.05) is 172 Å². The number of hydrogen-bond donors (Lipinski definition) is 0. The van der Waals surface area contributed by atoms with Crippen molar-refractivity contribution in [3.8, 4) is 0 Å². The average Bonchev–Trinajstić information content (AvgIpc) is 1.59. The van der Waals surface area contributed by atoms with Crippen molar-refractivity contribution >= 4 is 135 Å². The first-order chi connectivity index (χ1) is 60.9. The summed E-state index contributed by atoms with van der Waals surface area (Å²) >= 11 is 29.8. The molecule has 0 saturated carbocycles. The normalized spacial score (nSPS) is 16.3. The Morgan fingerprint density at radius 1 is 0.357 bits per heavy atom. The summed E-state index contributed by atoms with van der Waals surface area (Å²) in [6.45, 7) is 20.1. The van der Waals surface area contributed by atoms with Gasteiger partial charge in [0.15, 0.2) is 0 Å². The van der Waals surface area contributed by atoms with Gasteiger partial charge in [0.2, 0.25) is 0 Å². The van der Waals surface area contributed by atoms with Crippen molar-refractivity contribution in [1.29, 1.82) is 0 Å². The van der Waals surface area contributed by atoms with E-state index in [0.717, 1.165) is 182 Å². The van der Waals surface area contributed by atoms with Crippen molar-refractivity contribution < 1.29 is 27.6 Å². The topological polar surface area (TPSA) is 109 Å². The van der Waals surface area contributed by atoms with E-state index in [-0.39, 0.29) is 51.4 Å². The molecule has 0 radical (unpaired) electrons. The number of fused-ring (bicyclic) bond motifs is 6. The number of pyridine rings is 3. The Labute approximate surface area is 769 Å². The predicted octanol–water partition coefficient (Wildman–Crippen LogP) is 25.4. The molecule has 0 aliphatic carbocycles. The van der Waals surface area contributed by atoms with Crippen LogP contribution in [0, 0.1) is 52.1 Å². The fraction of sp³-hybridized carbons (Fsp3) is 0.250. The largest absolute Gasteiger partial charge is 0.307 e. The Bertz CT molecular complexity index is 6080. The van der Waals surface area contributed by atoms with E-state index in [0.29, 0.717) is 52.3 Å². The summed E-state index contributed by atoms with van der Waals surface area (Å²) in [5.74, 6) is -0.839. The smallest absolute Gasteiger partial charge is 0.258 e. The molecule has 12 nitrogen and oxygen atoms in total. The summed E-state index contributed by atoms with van der Waals surface area (Å²) in [7, 11) is 0. The molecule has 3 saturated heterocycles. The number of anilines is 3. The molecule has 126 heavy (non-hydrogen) atoms. The molecule has 6 aliphatic heterocycles. The Balaban J connectivity index is 0.000000139. The summed E-state index contributed by atoms with van der Waals surface area (Å²) in [5.41, 5.74) is 16.3. The van der Waals surface area contributed by atoms with Crippen LogP contribution in [0.2, 0.25) is 20.4 Å². The first kappa shape index (κ1) is 89.3. The summed E-state index contributed by atoms with van der Waals surface area (Å²) in [6, 6.07) is 70.2. The molecule has 3 spiro atoms. The highest BCUT2D eigenvalue weighted by atomic mass is 35.5. The van der Waals surface area contributed by atoms with Gasteiger partial charge in [0.1, 0.15) is 27.8 Å². The standard InChI is InChI=1S/C35H32Cl2FN3OS.C35H33ClFN3OS.C34H31ClFN3OS/c1-23-5-6-25(19-31(23)36)4-3-15-40-16-13-35(14-17-40)22-41(34(42)26-18-24(2)39-33(37)20-26)32-12-11-29(21-30(32)35)43-28-9-7-27(38)8-10-28;1-24-5-6-26(21-32(24)36)4-3-17-39-18-14-35(15-19-39)23-40(34(41)27-13-16-38-25(2)20-27)33-12-11-30(22-31(33)35)42-29-9-7-28(37)8-10-29;1-24-4-6-25(7-5-24)3-2-18-38-19-15-34(16-20-38)23-39(33(40)26-14-17-37-32(35)21-26)31-13-12-29(22-30(31)34)41-28-10-8-27(36)9-11-28/h3-12,18-21H,13-17,22H2,1-2H3;3-13,16,20-22H,14-15,17-19,23H2,1-2H3;2-14,17,21-22H,15-16,18-20,23H2,1H3/b2*4-3+;3-2+. The monoisotopic (exact) mass is 1810 g/mol. The van der Waals surface area contributed by atoms with E-state index in [1.165, 1.54) is 64.2 Å². The van der Waals surface area contributed by atoms with Gasteiger partial charge in [0.25, 0.3) is 17.7 Å². The fourth-order valence-electron chi connectivity index (χ4n) is 17.9. The second kappa shape index (κ2) is 39.7. The molecular weight excluding hydrogens is 1720 g/mol. The highest BCUT2D eigenvalue weighted by Gasteiger charge is 2.50. The molecule has 18 rings (SSSR count). The van der Waals surface area contributed by atoms with Gasteiger partial charge in [-0.25, -0.2) is 23.1 Å². The van der Waals surface area contributed by atoms with Crippen molar-refractivity contribution in [3.05, 3.63) is 371 Å². The lowest BCUT2D eigenvalue weighted by atomic mass is 9.74. The van der Waals surface area contributed by atoms with E-state index >= 15 is 0 Å². The van der Waals surface area contributed by atoms with Gasteiger partial charge in [-0.15, -0.1) is 0 Å². The number of aromatic nitrogens is 3. The minimum atomic E-state index is -0.248. The number of piperidine rings is 3. The lowest BCUT2D eigenvalue weighted by molar-refractivity contribution is 0.0970. The quantitative estimate of drug-likeness (QED) is 0.0763. The second-order valence-electron chi connectivity index (χ2n) is 33.6. The molecule has 6 aliphatic rings. The minimum absolute atomic E-state index is 0.0136. The van der Waals surface area contributed by atoms with Gasteiger partial charge in [-0.3, -0.25) is 34.1 Å².